The molecule has 16 heavy (non-hydrogen) atoms. The number of carbonyl (C=O) groups excluding carboxylic acids is 1. The van der Waals surface area contributed by atoms with Crippen molar-refractivity contribution in [3.8, 4) is 5.75 Å². The molecule has 1 aromatic rings. The lowest BCUT2D eigenvalue weighted by atomic mass is 10.2. The van der Waals surface area contributed by atoms with Crippen molar-refractivity contribution in [2.24, 2.45) is 0 Å². The summed E-state index contributed by atoms with van der Waals surface area (Å²) >= 11 is 7.94. The highest BCUT2D eigenvalue weighted by molar-refractivity contribution is 9.10. The molecule has 8 heteroatoms. The van der Waals surface area contributed by atoms with Crippen LogP contribution in [0.1, 0.15) is 10.4 Å². The number of hydrogen-bond donors (Lipinski definition) is 1. The van der Waals surface area contributed by atoms with Crippen LogP contribution < -0.4 is 10.5 Å². The molecule has 0 aliphatic rings. The maximum absolute atomic E-state index is 12.0. The smallest absolute Gasteiger partial charge is 0.404 e. The minimum Gasteiger partial charge on any atom is -0.404 e. The van der Waals surface area contributed by atoms with Crippen molar-refractivity contribution >= 4 is 38.5 Å². The van der Waals surface area contributed by atoms with Gasteiger partial charge in [0.25, 0.3) is 5.24 Å². The minimum atomic E-state index is -4.87. The zero-order valence-electron chi connectivity index (χ0n) is 7.44. The Morgan fingerprint density at radius 1 is 1.44 bits per heavy atom. The Kier molecular flexibility index (Phi) is 3.69. The van der Waals surface area contributed by atoms with Crippen LogP contribution in [0.15, 0.2) is 16.6 Å². The van der Waals surface area contributed by atoms with E-state index < -0.39 is 17.4 Å². The van der Waals surface area contributed by atoms with Crippen LogP contribution in [0.2, 0.25) is 0 Å². The third-order valence-corrected chi connectivity index (χ3v) is 2.59. The van der Waals surface area contributed by atoms with Crippen LogP contribution in [0.4, 0.5) is 18.9 Å². The van der Waals surface area contributed by atoms with Gasteiger partial charge in [-0.25, -0.2) is 0 Å². The van der Waals surface area contributed by atoms with Gasteiger partial charge in [0, 0.05) is 5.56 Å². The Balaban J connectivity index is 3.22. The molecule has 0 saturated carbocycles. The Hall–Kier alpha value is -0.950. The molecule has 0 aliphatic carbocycles. The van der Waals surface area contributed by atoms with E-state index in [1.165, 1.54) is 0 Å². The standard InChI is InChI=1S/C8H4BrClF3NO2/c9-6-4(14)1-3(7(10)15)2-5(6)16-8(11,12)13/h1-2H,14H2. The number of hydrogen-bond acceptors (Lipinski definition) is 3. The molecule has 0 unspecified atom stereocenters. The van der Waals surface area contributed by atoms with Crippen LogP contribution in [0, 0.1) is 0 Å². The van der Waals surface area contributed by atoms with Crippen LogP contribution in [0.5, 0.6) is 5.75 Å². The lowest BCUT2D eigenvalue weighted by Crippen LogP contribution is -2.18. The Morgan fingerprint density at radius 2 is 2.00 bits per heavy atom. The third kappa shape index (κ3) is 3.28. The van der Waals surface area contributed by atoms with E-state index in [4.69, 9.17) is 17.3 Å². The Bertz CT molecular complexity index is 436. The molecular weight excluding hydrogens is 314 g/mol. The highest BCUT2D eigenvalue weighted by Gasteiger charge is 2.32. The first-order chi connectivity index (χ1) is 7.20. The number of ether oxygens (including phenoxy) is 1. The summed E-state index contributed by atoms with van der Waals surface area (Å²) in [5, 5.41) is -0.925. The van der Waals surface area contributed by atoms with Crippen molar-refractivity contribution in [3.05, 3.63) is 22.2 Å². The molecule has 0 aromatic heterocycles. The van der Waals surface area contributed by atoms with E-state index in [0.717, 1.165) is 12.1 Å². The minimum absolute atomic E-state index is 0.0780. The van der Waals surface area contributed by atoms with Gasteiger partial charge in [-0.3, -0.25) is 4.79 Å². The maximum Gasteiger partial charge on any atom is 0.573 e. The van der Waals surface area contributed by atoms with Crippen molar-refractivity contribution in [1.82, 2.24) is 0 Å². The predicted molar refractivity (Wildman–Crippen MR) is 55.4 cm³/mol. The van der Waals surface area contributed by atoms with Crippen molar-refractivity contribution < 1.29 is 22.7 Å². The normalized spacial score (nSPS) is 11.3. The van der Waals surface area contributed by atoms with Crippen molar-refractivity contribution in [3.63, 3.8) is 0 Å². The van der Waals surface area contributed by atoms with Gasteiger partial charge < -0.3 is 10.5 Å². The van der Waals surface area contributed by atoms with Gasteiger partial charge in [0.1, 0.15) is 5.75 Å². The number of anilines is 1. The Labute approximate surface area is 101 Å². The van der Waals surface area contributed by atoms with Crippen LogP contribution >= 0.6 is 27.5 Å². The highest BCUT2D eigenvalue weighted by atomic mass is 79.9. The van der Waals surface area contributed by atoms with Crippen LogP contribution in [0.25, 0.3) is 0 Å². The summed E-state index contributed by atoms with van der Waals surface area (Å²) in [4.78, 5) is 10.8. The number of benzene rings is 1. The molecule has 3 nitrogen and oxygen atoms in total. The van der Waals surface area contributed by atoms with Crippen molar-refractivity contribution in [2.45, 2.75) is 6.36 Å². The monoisotopic (exact) mass is 317 g/mol. The van der Waals surface area contributed by atoms with E-state index >= 15 is 0 Å². The molecule has 0 saturated heterocycles. The topological polar surface area (TPSA) is 52.3 Å². The molecule has 0 heterocycles. The van der Waals surface area contributed by atoms with Crippen molar-refractivity contribution in [1.29, 1.82) is 0 Å². The fourth-order valence-corrected chi connectivity index (χ4v) is 1.35. The van der Waals surface area contributed by atoms with E-state index in [-0.39, 0.29) is 15.7 Å². The number of carbonyl (C=O) groups is 1. The first-order valence-electron chi connectivity index (χ1n) is 3.75. The summed E-state index contributed by atoms with van der Waals surface area (Å²) in [6, 6.07) is 1.99. The molecule has 0 fully saturated rings. The number of rotatable bonds is 2. The molecule has 0 aliphatic heterocycles. The predicted octanol–water partition coefficient (Wildman–Crippen LogP) is 3.31. The van der Waals surface area contributed by atoms with Gasteiger partial charge in [0.05, 0.1) is 10.2 Å². The summed E-state index contributed by atoms with van der Waals surface area (Å²) < 4.78 is 39.5. The summed E-state index contributed by atoms with van der Waals surface area (Å²) in [6.07, 6.45) is -4.87. The van der Waals surface area contributed by atoms with E-state index in [2.05, 4.69) is 20.7 Å². The molecule has 0 bridgehead atoms. The quantitative estimate of drug-likeness (QED) is 0.672. The average Bonchev–Trinajstić information content (AvgIpc) is 2.10. The molecule has 1 aromatic carbocycles. The van der Waals surface area contributed by atoms with E-state index in [1.54, 1.807) is 0 Å². The fourth-order valence-electron chi connectivity index (χ4n) is 0.932. The highest BCUT2D eigenvalue weighted by Crippen LogP contribution is 2.36. The van der Waals surface area contributed by atoms with Gasteiger partial charge in [-0.05, 0) is 39.7 Å². The lowest BCUT2D eigenvalue weighted by Gasteiger charge is -2.12. The number of nitrogens with two attached hydrogens (primary N) is 1. The van der Waals surface area contributed by atoms with Gasteiger partial charge in [0.15, 0.2) is 0 Å². The number of halogens is 5. The second-order valence-electron chi connectivity index (χ2n) is 2.70. The van der Waals surface area contributed by atoms with Crippen LogP contribution in [0.3, 0.4) is 0 Å². The van der Waals surface area contributed by atoms with Gasteiger partial charge in [0.2, 0.25) is 0 Å². The molecule has 0 spiro atoms. The number of nitrogen functional groups attached to an aromatic ring is 1. The molecule has 88 valence electrons. The second kappa shape index (κ2) is 4.50. The van der Waals surface area contributed by atoms with Crippen LogP contribution in [-0.4, -0.2) is 11.6 Å². The van der Waals surface area contributed by atoms with E-state index in [0.29, 0.717) is 0 Å². The third-order valence-electron chi connectivity index (χ3n) is 1.52. The maximum atomic E-state index is 12.0. The van der Waals surface area contributed by atoms with Gasteiger partial charge in [-0.15, -0.1) is 13.2 Å². The molecule has 2 N–H and O–H groups in total. The zero-order chi connectivity index (χ0) is 12.5. The largest absolute Gasteiger partial charge is 0.573 e. The van der Waals surface area contributed by atoms with E-state index in [1.807, 2.05) is 0 Å². The molecule has 0 atom stereocenters. The second-order valence-corrected chi connectivity index (χ2v) is 3.84. The molecular formula is C8H4BrClF3NO2. The Morgan fingerprint density at radius 3 is 2.44 bits per heavy atom. The zero-order valence-corrected chi connectivity index (χ0v) is 9.78. The van der Waals surface area contributed by atoms with Crippen molar-refractivity contribution in [2.75, 3.05) is 5.73 Å². The summed E-state index contributed by atoms with van der Waals surface area (Å²) in [5.41, 5.74) is 5.12. The van der Waals surface area contributed by atoms with Gasteiger partial charge in [-0.1, -0.05) is 0 Å². The van der Waals surface area contributed by atoms with Gasteiger partial charge in [-0.2, -0.15) is 0 Å². The summed E-state index contributed by atoms with van der Waals surface area (Å²) in [5.74, 6) is -0.614. The SMILES string of the molecule is Nc1cc(C(=O)Cl)cc(OC(F)(F)F)c1Br. The summed E-state index contributed by atoms with van der Waals surface area (Å²) in [7, 11) is 0. The lowest BCUT2D eigenvalue weighted by molar-refractivity contribution is -0.274. The first kappa shape index (κ1) is 13.1. The fraction of sp³-hybridized carbons (Fsp3) is 0.125. The van der Waals surface area contributed by atoms with Crippen LogP contribution in [-0.2, 0) is 0 Å². The van der Waals surface area contributed by atoms with E-state index in [9.17, 15) is 18.0 Å². The molecule has 0 amide bonds. The summed E-state index contributed by atoms with van der Waals surface area (Å²) in [6.45, 7) is 0. The average molecular weight is 318 g/mol. The van der Waals surface area contributed by atoms with Gasteiger partial charge >= 0.3 is 6.36 Å². The first-order valence-corrected chi connectivity index (χ1v) is 4.92. The molecule has 0 radical (unpaired) electrons. The molecule has 1 rings (SSSR count). The number of alkyl halides is 3.